The second kappa shape index (κ2) is 10.7. The highest BCUT2D eigenvalue weighted by atomic mass is 16.3. The lowest BCUT2D eigenvalue weighted by molar-refractivity contribution is 0.252. The van der Waals surface area contributed by atoms with Crippen LogP contribution in [0.25, 0.3) is 10.9 Å². The van der Waals surface area contributed by atoms with Crippen LogP contribution in [-0.2, 0) is 0 Å². The molecule has 1 aliphatic carbocycles. The molecule has 1 aromatic heterocycles. The third-order valence-electron chi connectivity index (χ3n) is 6.34. The van der Waals surface area contributed by atoms with Gasteiger partial charge in [-0.3, -0.25) is 5.41 Å². The van der Waals surface area contributed by atoms with Crippen LogP contribution in [0.2, 0.25) is 0 Å². The van der Waals surface area contributed by atoms with Crippen LogP contribution in [0, 0.1) is 18.3 Å². The van der Waals surface area contributed by atoms with Gasteiger partial charge in [0.2, 0.25) is 0 Å². The molecular weight excluding hydrogens is 386 g/mol. The van der Waals surface area contributed by atoms with Gasteiger partial charge in [0.15, 0.2) is 0 Å². The van der Waals surface area contributed by atoms with Gasteiger partial charge in [-0.25, -0.2) is 4.98 Å². The smallest absolute Gasteiger partial charge is 0.369 e. The monoisotopic (exact) mass is 424 g/mol. The molecule has 1 heterocycles. The van der Waals surface area contributed by atoms with Gasteiger partial charge < -0.3 is 15.7 Å². The minimum atomic E-state index is 0.0760. The zero-order chi connectivity index (χ0) is 22.4. The second-order valence-corrected chi connectivity index (χ2v) is 8.98. The summed E-state index contributed by atoms with van der Waals surface area (Å²) in [5.74, 6) is 1.62. The number of anilines is 1. The number of nitrogens with zero attached hydrogens (tertiary/aromatic N) is 2. The van der Waals surface area contributed by atoms with Crippen LogP contribution in [-0.4, -0.2) is 40.5 Å². The molecule has 1 fully saturated rings. The quantitative estimate of drug-likeness (QED) is 0.324. The first-order chi connectivity index (χ1) is 14.9. The number of aliphatic imine (C=N–C) groups is 1. The second-order valence-electron chi connectivity index (χ2n) is 8.98. The Morgan fingerprint density at radius 3 is 2.77 bits per heavy atom. The average molecular weight is 425 g/mol. The topological polar surface area (TPSA) is 96.1 Å². The molecule has 168 valence electrons. The highest BCUT2D eigenvalue weighted by Gasteiger charge is 2.23. The molecule has 2 aromatic rings. The van der Waals surface area contributed by atoms with E-state index in [1.54, 1.807) is 6.92 Å². The Kier molecular flexibility index (Phi) is 8.02. The van der Waals surface area contributed by atoms with Crippen molar-refractivity contribution in [3.8, 4) is 0 Å². The molecule has 1 saturated carbocycles. The molecule has 1 aromatic carbocycles. The van der Waals surface area contributed by atoms with Gasteiger partial charge in [-0.05, 0) is 63.6 Å². The maximum Gasteiger partial charge on any atom is 0.369 e. The molecule has 6 nitrogen and oxygen atoms in total. The number of benzene rings is 1. The Hall–Kier alpha value is -2.47. The van der Waals surface area contributed by atoms with E-state index in [1.807, 2.05) is 19.1 Å². The zero-order valence-corrected chi connectivity index (χ0v) is 19.4. The Morgan fingerprint density at radius 1 is 1.29 bits per heavy atom. The third-order valence-corrected chi connectivity index (χ3v) is 6.34. The Balaban J connectivity index is 1.74. The zero-order valence-electron chi connectivity index (χ0n) is 19.4. The minimum Gasteiger partial charge on any atom is -0.578 e. The molecule has 3 unspecified atom stereocenters. The molecule has 0 aliphatic heterocycles. The predicted molar refractivity (Wildman–Crippen MR) is 132 cm³/mol. The first kappa shape index (κ1) is 23.2. The van der Waals surface area contributed by atoms with Gasteiger partial charge in [-0.15, -0.1) is 0 Å². The summed E-state index contributed by atoms with van der Waals surface area (Å²) in [6, 6.07) is 9.20. The summed E-state index contributed by atoms with van der Waals surface area (Å²) in [4.78, 5) is 8.85. The molecule has 1 aliphatic rings. The summed E-state index contributed by atoms with van der Waals surface area (Å²) in [7, 11) is 0. The Labute approximate surface area is 186 Å². The number of aryl methyl sites for hydroxylation is 1. The van der Waals surface area contributed by atoms with E-state index >= 15 is 0 Å². The van der Waals surface area contributed by atoms with E-state index in [9.17, 15) is 0 Å². The third kappa shape index (κ3) is 6.26. The van der Waals surface area contributed by atoms with Crippen LogP contribution in [0.1, 0.15) is 70.4 Å². The number of nitrogens with one attached hydrogen (secondary N) is 3. The van der Waals surface area contributed by atoms with Crippen LogP contribution < -0.4 is 10.6 Å². The van der Waals surface area contributed by atoms with Crippen LogP contribution >= 0.6 is 0 Å². The summed E-state index contributed by atoms with van der Waals surface area (Å²) in [5.41, 5.74) is 2.70. The van der Waals surface area contributed by atoms with Crippen molar-refractivity contribution in [3.05, 3.63) is 35.4 Å². The molecule has 0 bridgehead atoms. The van der Waals surface area contributed by atoms with Crippen LogP contribution in [0.4, 0.5) is 5.82 Å². The van der Waals surface area contributed by atoms with Crippen molar-refractivity contribution in [3.63, 3.8) is 0 Å². The fourth-order valence-electron chi connectivity index (χ4n) is 4.48. The number of aromatic nitrogens is 1. The van der Waals surface area contributed by atoms with Crippen LogP contribution in [0.15, 0.2) is 29.3 Å². The van der Waals surface area contributed by atoms with Crippen LogP contribution in [0.3, 0.4) is 0 Å². The first-order valence-corrected chi connectivity index (χ1v) is 11.6. The Bertz CT molecular complexity index is 939. The van der Waals surface area contributed by atoms with E-state index < -0.39 is 0 Å². The molecule has 3 rings (SSSR count). The van der Waals surface area contributed by atoms with E-state index in [0.29, 0.717) is 23.5 Å². The summed E-state index contributed by atoms with van der Waals surface area (Å²) in [6.07, 6.45) is 7.40. The van der Waals surface area contributed by atoms with E-state index in [4.69, 9.17) is 15.5 Å². The number of fused-ring (bicyclic) bond motifs is 1. The molecule has 0 saturated heterocycles. The van der Waals surface area contributed by atoms with Crippen molar-refractivity contribution >= 4 is 28.5 Å². The fourth-order valence-corrected chi connectivity index (χ4v) is 4.48. The van der Waals surface area contributed by atoms with Crippen molar-refractivity contribution in [1.29, 1.82) is 5.41 Å². The lowest BCUT2D eigenvalue weighted by Gasteiger charge is -2.33. The highest BCUT2D eigenvalue weighted by molar-refractivity contribution is 6.05. The van der Waals surface area contributed by atoms with Crippen molar-refractivity contribution in [2.45, 2.75) is 78.3 Å². The molecule has 0 spiro atoms. The average Bonchev–Trinajstić information content (AvgIpc) is 2.73. The van der Waals surface area contributed by atoms with Crippen molar-refractivity contribution in [2.75, 3.05) is 11.9 Å². The first-order valence-electron chi connectivity index (χ1n) is 11.6. The number of pyridine rings is 1. The number of amidine groups is 1. The minimum absolute atomic E-state index is 0.0760. The SMILES string of the molecule is CCC(CCNc1nc2ccc(C)cc2cc1C([OH2+])=NC(C)=N)NC1CCCCC1C. The van der Waals surface area contributed by atoms with E-state index in [-0.39, 0.29) is 11.7 Å². The van der Waals surface area contributed by atoms with Gasteiger partial charge in [-0.1, -0.05) is 38.3 Å². The summed E-state index contributed by atoms with van der Waals surface area (Å²) < 4.78 is 0. The van der Waals surface area contributed by atoms with Gasteiger partial charge >= 0.3 is 5.90 Å². The van der Waals surface area contributed by atoms with Gasteiger partial charge in [0.05, 0.1) is 5.52 Å². The molecule has 6 heteroatoms. The fraction of sp³-hybridized carbons (Fsp3) is 0.560. The summed E-state index contributed by atoms with van der Waals surface area (Å²) in [6.45, 7) is 9.03. The van der Waals surface area contributed by atoms with E-state index in [2.05, 4.69) is 41.6 Å². The van der Waals surface area contributed by atoms with E-state index in [1.165, 1.54) is 25.7 Å². The summed E-state index contributed by atoms with van der Waals surface area (Å²) in [5, 5.41) is 24.4. The lowest BCUT2D eigenvalue weighted by Crippen LogP contribution is -2.44. The van der Waals surface area contributed by atoms with Gasteiger partial charge in [0, 0.05) is 24.0 Å². The summed E-state index contributed by atoms with van der Waals surface area (Å²) >= 11 is 0. The molecule has 0 amide bonds. The van der Waals surface area contributed by atoms with Crippen molar-refractivity contribution in [2.24, 2.45) is 10.9 Å². The predicted octanol–water partition coefficient (Wildman–Crippen LogP) is 4.76. The largest absolute Gasteiger partial charge is 0.578 e. The maximum atomic E-state index is 8.38. The number of hydrogen-bond donors (Lipinski definition) is 3. The normalized spacial score (nSPS) is 20.6. The lowest BCUT2D eigenvalue weighted by atomic mass is 9.85. The number of rotatable bonds is 8. The van der Waals surface area contributed by atoms with Crippen molar-refractivity contribution < 1.29 is 5.11 Å². The van der Waals surface area contributed by atoms with Crippen molar-refractivity contribution in [1.82, 2.24) is 10.3 Å². The van der Waals surface area contributed by atoms with Crippen LogP contribution in [0.5, 0.6) is 0 Å². The van der Waals surface area contributed by atoms with E-state index in [0.717, 1.165) is 41.8 Å². The molecule has 0 radical (unpaired) electrons. The standard InChI is InChI=1S/C25H37N5O/c1-5-20(29-22-9-7-6-8-17(22)3)12-13-27-24-21(25(31)28-18(4)26)15-19-14-16(2)10-11-23(19)30-24/h10-11,14-15,17,20,22,29H,5-9,12-13H2,1-4H3,(H,27,30)(H2,26,28,31)/p+1. The van der Waals surface area contributed by atoms with Gasteiger partial charge in [0.1, 0.15) is 17.2 Å². The molecule has 5 N–H and O–H groups in total. The molecular formula is C25H38N5O+. The van der Waals surface area contributed by atoms with Gasteiger partial charge in [0.25, 0.3) is 0 Å². The Morgan fingerprint density at radius 2 is 2.06 bits per heavy atom. The highest BCUT2D eigenvalue weighted by Crippen LogP contribution is 2.25. The molecule has 31 heavy (non-hydrogen) atoms. The number of hydrogen-bond acceptors (Lipinski definition) is 4. The maximum absolute atomic E-state index is 8.38. The molecule has 3 atom stereocenters. The van der Waals surface area contributed by atoms with Gasteiger partial charge in [-0.2, -0.15) is 4.99 Å².